The molecule has 1 heterocycles. The van der Waals surface area contributed by atoms with E-state index in [1.165, 1.54) is 32.4 Å². The minimum absolute atomic E-state index is 0.348. The second-order valence-corrected chi connectivity index (χ2v) is 6.99. The molecule has 2 heteroatoms. The maximum absolute atomic E-state index is 3.66. The van der Waals surface area contributed by atoms with Gasteiger partial charge in [0, 0.05) is 18.6 Å². The van der Waals surface area contributed by atoms with E-state index in [4.69, 9.17) is 0 Å². The molecule has 3 atom stereocenters. The lowest BCUT2D eigenvalue weighted by Gasteiger charge is -2.44. The Labute approximate surface area is 115 Å². The second-order valence-electron chi connectivity index (χ2n) is 6.99. The van der Waals surface area contributed by atoms with Crippen LogP contribution < -0.4 is 5.32 Å². The zero-order valence-corrected chi connectivity index (χ0v) is 13.4. The van der Waals surface area contributed by atoms with Crippen LogP contribution in [0.3, 0.4) is 0 Å². The van der Waals surface area contributed by atoms with Crippen LogP contribution in [0.1, 0.15) is 60.8 Å². The van der Waals surface area contributed by atoms with Crippen LogP contribution in [0.25, 0.3) is 0 Å². The Kier molecular flexibility index (Phi) is 6.13. The van der Waals surface area contributed by atoms with Gasteiger partial charge in [0.25, 0.3) is 0 Å². The molecule has 1 aliphatic heterocycles. The molecule has 0 saturated carbocycles. The van der Waals surface area contributed by atoms with Crippen molar-refractivity contribution >= 4 is 0 Å². The summed E-state index contributed by atoms with van der Waals surface area (Å²) in [6.07, 6.45) is 4.00. The van der Waals surface area contributed by atoms with Gasteiger partial charge in [-0.2, -0.15) is 0 Å². The summed E-state index contributed by atoms with van der Waals surface area (Å²) in [4.78, 5) is 2.71. The predicted octanol–water partition coefficient (Wildman–Crippen LogP) is 3.52. The van der Waals surface area contributed by atoms with Gasteiger partial charge in [-0.15, -0.1) is 0 Å². The lowest BCUT2D eigenvalue weighted by molar-refractivity contribution is 0.0591. The van der Waals surface area contributed by atoms with E-state index in [1.54, 1.807) is 0 Å². The van der Waals surface area contributed by atoms with Gasteiger partial charge in [-0.05, 0) is 57.5 Å². The summed E-state index contributed by atoms with van der Waals surface area (Å²) < 4.78 is 0. The fourth-order valence-electron chi connectivity index (χ4n) is 2.94. The second kappa shape index (κ2) is 6.91. The molecule has 0 aromatic carbocycles. The summed E-state index contributed by atoms with van der Waals surface area (Å²) in [6, 6.07) is 1.33. The maximum atomic E-state index is 3.66. The van der Waals surface area contributed by atoms with Crippen LogP contribution in [0, 0.1) is 11.3 Å². The van der Waals surface area contributed by atoms with Crippen LogP contribution in [-0.4, -0.2) is 36.6 Å². The largest absolute Gasteiger partial charge is 0.314 e. The van der Waals surface area contributed by atoms with Gasteiger partial charge in [0.15, 0.2) is 0 Å². The molecule has 18 heavy (non-hydrogen) atoms. The third-order valence-corrected chi connectivity index (χ3v) is 4.99. The van der Waals surface area contributed by atoms with Crippen molar-refractivity contribution in [3.8, 4) is 0 Å². The Hall–Kier alpha value is -0.0800. The van der Waals surface area contributed by atoms with E-state index < -0.39 is 0 Å². The molecule has 3 unspecified atom stereocenters. The quantitative estimate of drug-likeness (QED) is 0.780. The van der Waals surface area contributed by atoms with Crippen molar-refractivity contribution in [2.24, 2.45) is 11.3 Å². The third-order valence-electron chi connectivity index (χ3n) is 4.99. The first-order valence-corrected chi connectivity index (χ1v) is 7.86. The molecule has 1 aliphatic rings. The number of nitrogens with zero attached hydrogens (tertiary/aromatic N) is 1. The molecular formula is C16H34N2. The van der Waals surface area contributed by atoms with Crippen molar-refractivity contribution in [3.05, 3.63) is 0 Å². The molecular weight excluding hydrogens is 220 g/mol. The molecule has 1 saturated heterocycles. The maximum Gasteiger partial charge on any atom is 0.0102 e. The van der Waals surface area contributed by atoms with E-state index in [0.29, 0.717) is 11.5 Å². The lowest BCUT2D eigenvalue weighted by atomic mass is 9.82. The standard InChI is InChI=1S/C16H34N2/c1-7-10-17-15(4)16(5,6)12-18-11-8-9-13(2)14(18)3/h13-15,17H,7-12H2,1-6H3. The monoisotopic (exact) mass is 254 g/mol. The molecule has 0 spiro atoms. The SMILES string of the molecule is CCCNC(C)C(C)(C)CN1CCCC(C)C1C. The van der Waals surface area contributed by atoms with Crippen molar-refractivity contribution in [2.45, 2.75) is 72.9 Å². The molecule has 0 radical (unpaired) electrons. The Balaban J connectivity index is 2.52. The highest BCUT2D eigenvalue weighted by Crippen LogP contribution is 2.29. The average molecular weight is 254 g/mol. The van der Waals surface area contributed by atoms with Crippen LogP contribution in [0.15, 0.2) is 0 Å². The van der Waals surface area contributed by atoms with Gasteiger partial charge in [-0.25, -0.2) is 0 Å². The molecule has 1 N–H and O–H groups in total. The van der Waals surface area contributed by atoms with Crippen molar-refractivity contribution in [2.75, 3.05) is 19.6 Å². The highest BCUT2D eigenvalue weighted by Gasteiger charge is 2.32. The summed E-state index contributed by atoms with van der Waals surface area (Å²) in [5, 5.41) is 3.66. The molecule has 0 bridgehead atoms. The molecule has 0 aromatic rings. The van der Waals surface area contributed by atoms with Crippen LogP contribution in [0.5, 0.6) is 0 Å². The fraction of sp³-hybridized carbons (Fsp3) is 1.00. The van der Waals surface area contributed by atoms with E-state index in [-0.39, 0.29) is 0 Å². The summed E-state index contributed by atoms with van der Waals surface area (Å²) in [5.74, 6) is 0.855. The topological polar surface area (TPSA) is 15.3 Å². The highest BCUT2D eigenvalue weighted by molar-refractivity contribution is 4.88. The van der Waals surface area contributed by atoms with Crippen molar-refractivity contribution < 1.29 is 0 Å². The third kappa shape index (κ3) is 4.24. The molecule has 108 valence electrons. The fourth-order valence-corrected chi connectivity index (χ4v) is 2.94. The summed E-state index contributed by atoms with van der Waals surface area (Å²) in [6.45, 7) is 17.8. The number of rotatable bonds is 6. The summed E-state index contributed by atoms with van der Waals surface area (Å²) >= 11 is 0. The molecule has 1 rings (SSSR count). The Morgan fingerprint density at radius 2 is 2.00 bits per heavy atom. The highest BCUT2D eigenvalue weighted by atomic mass is 15.2. The van der Waals surface area contributed by atoms with Gasteiger partial charge in [0.1, 0.15) is 0 Å². The number of piperidine rings is 1. The zero-order valence-electron chi connectivity index (χ0n) is 13.4. The normalized spacial score (nSPS) is 28.3. The molecule has 0 amide bonds. The first-order valence-electron chi connectivity index (χ1n) is 7.86. The Morgan fingerprint density at radius 3 is 2.61 bits per heavy atom. The van der Waals surface area contributed by atoms with Crippen molar-refractivity contribution in [1.29, 1.82) is 0 Å². The minimum atomic E-state index is 0.348. The average Bonchev–Trinajstić information content (AvgIpc) is 2.31. The zero-order chi connectivity index (χ0) is 13.8. The summed E-state index contributed by atoms with van der Waals surface area (Å²) in [5.41, 5.74) is 0.348. The Bertz CT molecular complexity index is 237. The first kappa shape index (κ1) is 16.0. The molecule has 2 nitrogen and oxygen atoms in total. The van der Waals surface area contributed by atoms with E-state index in [1.807, 2.05) is 0 Å². The molecule has 0 aromatic heterocycles. The molecule has 0 aliphatic carbocycles. The van der Waals surface area contributed by atoms with E-state index in [2.05, 4.69) is 51.8 Å². The number of hydrogen-bond donors (Lipinski definition) is 1. The van der Waals surface area contributed by atoms with Gasteiger partial charge in [-0.1, -0.05) is 27.7 Å². The van der Waals surface area contributed by atoms with Crippen LogP contribution in [0.2, 0.25) is 0 Å². The first-order chi connectivity index (χ1) is 8.38. The summed E-state index contributed by atoms with van der Waals surface area (Å²) in [7, 11) is 0. The Morgan fingerprint density at radius 1 is 1.33 bits per heavy atom. The van der Waals surface area contributed by atoms with E-state index in [9.17, 15) is 0 Å². The van der Waals surface area contributed by atoms with Crippen molar-refractivity contribution in [1.82, 2.24) is 10.2 Å². The van der Waals surface area contributed by atoms with Crippen LogP contribution in [0.4, 0.5) is 0 Å². The number of nitrogens with one attached hydrogen (secondary N) is 1. The van der Waals surface area contributed by atoms with E-state index in [0.717, 1.165) is 18.5 Å². The van der Waals surface area contributed by atoms with E-state index >= 15 is 0 Å². The van der Waals surface area contributed by atoms with Crippen LogP contribution >= 0.6 is 0 Å². The van der Waals surface area contributed by atoms with Crippen LogP contribution in [-0.2, 0) is 0 Å². The van der Waals surface area contributed by atoms with Gasteiger partial charge in [-0.3, -0.25) is 4.90 Å². The lowest BCUT2D eigenvalue weighted by Crippen LogP contribution is -2.52. The van der Waals surface area contributed by atoms with Gasteiger partial charge < -0.3 is 5.32 Å². The predicted molar refractivity (Wildman–Crippen MR) is 81.0 cm³/mol. The van der Waals surface area contributed by atoms with Gasteiger partial charge in [0.05, 0.1) is 0 Å². The number of likely N-dealkylation sites (tertiary alicyclic amines) is 1. The van der Waals surface area contributed by atoms with Crippen molar-refractivity contribution in [3.63, 3.8) is 0 Å². The van der Waals surface area contributed by atoms with Gasteiger partial charge >= 0.3 is 0 Å². The smallest absolute Gasteiger partial charge is 0.0102 e. The van der Waals surface area contributed by atoms with Gasteiger partial charge in [0.2, 0.25) is 0 Å². The molecule has 1 fully saturated rings. The minimum Gasteiger partial charge on any atom is -0.314 e. The number of hydrogen-bond acceptors (Lipinski definition) is 2.